The fourth-order valence-corrected chi connectivity index (χ4v) is 2.36. The molecular weight excluding hydrogens is 148 g/mol. The Kier molecular flexibility index (Phi) is 3.57. The van der Waals surface area contributed by atoms with E-state index in [1.807, 2.05) is 6.92 Å². The van der Waals surface area contributed by atoms with Gasteiger partial charge in [-0.1, -0.05) is 26.7 Å². The van der Waals surface area contributed by atoms with Crippen LogP contribution in [0.15, 0.2) is 0 Å². The molecule has 1 aliphatic rings. The Balaban J connectivity index is 2.30. The second-order valence-electron chi connectivity index (χ2n) is 4.72. The molecule has 1 aliphatic carbocycles. The summed E-state index contributed by atoms with van der Waals surface area (Å²) in [7, 11) is 0. The molecule has 1 saturated carbocycles. The lowest BCUT2D eigenvalue weighted by Crippen LogP contribution is -2.23. The van der Waals surface area contributed by atoms with Gasteiger partial charge in [0.25, 0.3) is 0 Å². The number of rotatable bonds is 2. The molecule has 1 rings (SSSR count). The monoisotopic (exact) mass is 170 g/mol. The maximum Gasteiger partial charge on any atom is 0.0514 e. The minimum absolute atomic E-state index is 0.101. The lowest BCUT2D eigenvalue weighted by molar-refractivity contribution is 0.120. The summed E-state index contributed by atoms with van der Waals surface area (Å²) in [5, 5.41) is 9.26. The lowest BCUT2D eigenvalue weighted by Gasteiger charge is -2.32. The SMILES string of the molecule is CC(O)CC1CCC(C)C(C)C1. The third kappa shape index (κ3) is 2.78. The number of hydrogen-bond donors (Lipinski definition) is 1. The smallest absolute Gasteiger partial charge is 0.0514 e. The van der Waals surface area contributed by atoms with Gasteiger partial charge in [0, 0.05) is 0 Å². The van der Waals surface area contributed by atoms with E-state index in [0.29, 0.717) is 0 Å². The Morgan fingerprint density at radius 2 is 1.92 bits per heavy atom. The molecule has 0 aromatic carbocycles. The fourth-order valence-electron chi connectivity index (χ4n) is 2.36. The summed E-state index contributed by atoms with van der Waals surface area (Å²) < 4.78 is 0. The van der Waals surface area contributed by atoms with Crippen LogP contribution in [0.1, 0.15) is 46.5 Å². The van der Waals surface area contributed by atoms with Crippen LogP contribution in [-0.4, -0.2) is 11.2 Å². The topological polar surface area (TPSA) is 20.2 Å². The van der Waals surface area contributed by atoms with Crippen molar-refractivity contribution in [2.75, 3.05) is 0 Å². The number of aliphatic hydroxyl groups excluding tert-OH is 1. The summed E-state index contributed by atoms with van der Waals surface area (Å²) in [5.74, 6) is 2.55. The van der Waals surface area contributed by atoms with E-state index in [-0.39, 0.29) is 6.10 Å². The quantitative estimate of drug-likeness (QED) is 0.675. The van der Waals surface area contributed by atoms with Crippen LogP contribution < -0.4 is 0 Å². The van der Waals surface area contributed by atoms with Gasteiger partial charge in [0.2, 0.25) is 0 Å². The average Bonchev–Trinajstić information content (AvgIpc) is 1.96. The van der Waals surface area contributed by atoms with Crippen molar-refractivity contribution >= 4 is 0 Å². The zero-order valence-electron chi connectivity index (χ0n) is 8.59. The third-order valence-corrected chi connectivity index (χ3v) is 3.38. The highest BCUT2D eigenvalue weighted by Gasteiger charge is 2.24. The molecule has 4 atom stereocenters. The van der Waals surface area contributed by atoms with Crippen LogP contribution in [-0.2, 0) is 0 Å². The highest BCUT2D eigenvalue weighted by atomic mass is 16.3. The summed E-state index contributed by atoms with van der Waals surface area (Å²) in [4.78, 5) is 0. The molecule has 0 bridgehead atoms. The van der Waals surface area contributed by atoms with Crippen LogP contribution in [0.25, 0.3) is 0 Å². The van der Waals surface area contributed by atoms with E-state index in [4.69, 9.17) is 0 Å². The molecule has 0 aliphatic heterocycles. The Hall–Kier alpha value is -0.0400. The van der Waals surface area contributed by atoms with E-state index >= 15 is 0 Å². The summed E-state index contributed by atoms with van der Waals surface area (Å²) in [6.45, 7) is 6.60. The Bertz CT molecular complexity index is 131. The predicted molar refractivity (Wildman–Crippen MR) is 52.0 cm³/mol. The molecule has 4 unspecified atom stereocenters. The summed E-state index contributed by atoms with van der Waals surface area (Å²) in [6, 6.07) is 0. The average molecular weight is 170 g/mol. The molecule has 12 heavy (non-hydrogen) atoms. The lowest BCUT2D eigenvalue weighted by atomic mass is 9.74. The molecule has 0 aromatic heterocycles. The molecule has 72 valence electrons. The van der Waals surface area contributed by atoms with E-state index < -0.39 is 0 Å². The van der Waals surface area contributed by atoms with Crippen LogP contribution in [0.5, 0.6) is 0 Å². The van der Waals surface area contributed by atoms with Crippen molar-refractivity contribution in [3.05, 3.63) is 0 Å². The maximum absolute atomic E-state index is 9.26. The standard InChI is InChI=1S/C11H22O/c1-8-4-5-11(6-9(8)2)7-10(3)12/h8-12H,4-7H2,1-3H3. The fraction of sp³-hybridized carbons (Fsp3) is 1.00. The van der Waals surface area contributed by atoms with Gasteiger partial charge in [-0.3, -0.25) is 0 Å². The molecule has 0 aromatic rings. The third-order valence-electron chi connectivity index (χ3n) is 3.38. The van der Waals surface area contributed by atoms with Crippen LogP contribution in [0.4, 0.5) is 0 Å². The van der Waals surface area contributed by atoms with Crippen molar-refractivity contribution < 1.29 is 5.11 Å². The first-order valence-electron chi connectivity index (χ1n) is 5.27. The largest absolute Gasteiger partial charge is 0.393 e. The van der Waals surface area contributed by atoms with Crippen molar-refractivity contribution in [1.29, 1.82) is 0 Å². The van der Waals surface area contributed by atoms with Gasteiger partial charge < -0.3 is 5.11 Å². The normalized spacial score (nSPS) is 39.5. The van der Waals surface area contributed by atoms with Crippen LogP contribution in [0, 0.1) is 17.8 Å². The van der Waals surface area contributed by atoms with Gasteiger partial charge in [-0.25, -0.2) is 0 Å². The van der Waals surface area contributed by atoms with Crippen molar-refractivity contribution in [3.63, 3.8) is 0 Å². The molecule has 1 heteroatoms. The van der Waals surface area contributed by atoms with Crippen LogP contribution >= 0.6 is 0 Å². The van der Waals surface area contributed by atoms with E-state index in [1.165, 1.54) is 19.3 Å². The second kappa shape index (κ2) is 4.27. The minimum atomic E-state index is -0.101. The molecule has 1 fully saturated rings. The van der Waals surface area contributed by atoms with E-state index in [0.717, 1.165) is 24.2 Å². The summed E-state index contributed by atoms with van der Waals surface area (Å²) in [6.07, 6.45) is 4.92. The summed E-state index contributed by atoms with van der Waals surface area (Å²) in [5.41, 5.74) is 0. The van der Waals surface area contributed by atoms with Gasteiger partial charge in [0.1, 0.15) is 0 Å². The van der Waals surface area contributed by atoms with Crippen molar-refractivity contribution in [1.82, 2.24) is 0 Å². The first kappa shape index (κ1) is 10.0. The first-order chi connectivity index (χ1) is 5.59. The van der Waals surface area contributed by atoms with Gasteiger partial charge >= 0.3 is 0 Å². The molecule has 1 N–H and O–H groups in total. The Labute approximate surface area is 76.2 Å². The van der Waals surface area contributed by atoms with Gasteiger partial charge in [-0.05, 0) is 37.5 Å². The van der Waals surface area contributed by atoms with Gasteiger partial charge in [0.15, 0.2) is 0 Å². The molecule has 0 spiro atoms. The predicted octanol–water partition coefficient (Wildman–Crippen LogP) is 2.83. The zero-order valence-corrected chi connectivity index (χ0v) is 8.59. The van der Waals surface area contributed by atoms with Gasteiger partial charge in [0.05, 0.1) is 6.10 Å². The molecule has 0 radical (unpaired) electrons. The summed E-state index contributed by atoms with van der Waals surface area (Å²) >= 11 is 0. The molecule has 1 nitrogen and oxygen atoms in total. The minimum Gasteiger partial charge on any atom is -0.393 e. The van der Waals surface area contributed by atoms with Gasteiger partial charge in [-0.15, -0.1) is 0 Å². The second-order valence-corrected chi connectivity index (χ2v) is 4.72. The van der Waals surface area contributed by atoms with E-state index in [9.17, 15) is 5.11 Å². The molecular formula is C11H22O. The van der Waals surface area contributed by atoms with Crippen LogP contribution in [0.3, 0.4) is 0 Å². The number of hydrogen-bond acceptors (Lipinski definition) is 1. The first-order valence-corrected chi connectivity index (χ1v) is 5.27. The Morgan fingerprint density at radius 3 is 2.42 bits per heavy atom. The van der Waals surface area contributed by atoms with Gasteiger partial charge in [-0.2, -0.15) is 0 Å². The molecule has 0 saturated heterocycles. The van der Waals surface area contributed by atoms with E-state index in [2.05, 4.69) is 13.8 Å². The highest BCUT2D eigenvalue weighted by Crippen LogP contribution is 2.35. The highest BCUT2D eigenvalue weighted by molar-refractivity contribution is 4.76. The molecule has 0 heterocycles. The Morgan fingerprint density at radius 1 is 1.25 bits per heavy atom. The van der Waals surface area contributed by atoms with Crippen molar-refractivity contribution in [3.8, 4) is 0 Å². The number of aliphatic hydroxyl groups is 1. The van der Waals surface area contributed by atoms with Crippen molar-refractivity contribution in [2.24, 2.45) is 17.8 Å². The molecule has 0 amide bonds. The van der Waals surface area contributed by atoms with E-state index in [1.54, 1.807) is 0 Å². The maximum atomic E-state index is 9.26. The van der Waals surface area contributed by atoms with Crippen molar-refractivity contribution in [2.45, 2.75) is 52.6 Å². The van der Waals surface area contributed by atoms with Crippen LogP contribution in [0.2, 0.25) is 0 Å². The zero-order chi connectivity index (χ0) is 9.14.